The third kappa shape index (κ3) is 21.2. The molecule has 0 radical (unpaired) electrons. The molecule has 0 aliphatic heterocycles. The van der Waals surface area contributed by atoms with E-state index in [1.165, 1.54) is 0 Å². The maximum Gasteiger partial charge on any atom is 0.313 e. The lowest BCUT2D eigenvalue weighted by molar-refractivity contribution is 0.512. The number of unbranched alkanes of at least 4 members (excludes halogenated alkanes) is 24. The number of rotatable bonds is 38. The van der Waals surface area contributed by atoms with Crippen LogP contribution in [0.15, 0.2) is 0 Å². The van der Waals surface area contributed by atoms with E-state index in [2.05, 4.69) is 32.4 Å². The molecule has 52 heavy (non-hydrogen) atoms. The van der Waals surface area contributed by atoms with Crippen molar-refractivity contribution in [2.24, 2.45) is 0 Å². The number of nitrogens with one attached hydrogen (secondary N) is 3. The van der Waals surface area contributed by atoms with Gasteiger partial charge in [-0.15, -0.1) is 0 Å². The van der Waals surface area contributed by atoms with Crippen molar-refractivity contribution in [3.05, 3.63) is 0 Å². The van der Waals surface area contributed by atoms with Gasteiger partial charge in [0.2, 0.25) is 30.1 Å². The molecular weight excluding hydrogens is 721 g/mol. The molecule has 0 spiro atoms. The highest BCUT2D eigenvalue weighted by atomic mass is 32.3. The summed E-state index contributed by atoms with van der Waals surface area (Å²) >= 11 is 0. The van der Waals surface area contributed by atoms with Crippen LogP contribution in [-0.2, 0) is 30.1 Å². The van der Waals surface area contributed by atoms with Crippen LogP contribution >= 0.6 is 0 Å². The van der Waals surface area contributed by atoms with Gasteiger partial charge in [-0.25, -0.2) is 39.4 Å². The normalized spacial score (nSPS) is 12.3. The van der Waals surface area contributed by atoms with Crippen LogP contribution in [0.25, 0.3) is 0 Å². The van der Waals surface area contributed by atoms with Crippen LogP contribution in [0.2, 0.25) is 0 Å². The molecule has 0 heterocycles. The van der Waals surface area contributed by atoms with E-state index in [0.717, 1.165) is 135 Å². The zero-order chi connectivity index (χ0) is 38.9. The average molecular weight is 791 g/mol. The highest BCUT2D eigenvalue weighted by Gasteiger charge is 2.64. The van der Waals surface area contributed by atoms with E-state index in [4.69, 9.17) is 15.8 Å². The Labute approximate surface area is 318 Å². The molecule has 0 saturated carbocycles. The van der Waals surface area contributed by atoms with E-state index in [9.17, 15) is 25.3 Å². The summed E-state index contributed by atoms with van der Waals surface area (Å²) in [5.41, 5.74) is 0. The van der Waals surface area contributed by atoms with Crippen LogP contribution in [0.4, 0.5) is 0 Å². The van der Waals surface area contributed by atoms with E-state index >= 15 is 0 Å². The molecule has 0 fully saturated rings. The summed E-state index contributed by atoms with van der Waals surface area (Å²) in [7, 11) is -14.8. The van der Waals surface area contributed by atoms with Gasteiger partial charge < -0.3 is 0 Å². The highest BCUT2D eigenvalue weighted by molar-refractivity contribution is 8.24. The molecule has 0 aromatic heterocycles. The van der Waals surface area contributed by atoms with E-state index in [0.29, 0.717) is 38.5 Å². The van der Waals surface area contributed by atoms with Crippen LogP contribution < -0.4 is 14.2 Å². The van der Waals surface area contributed by atoms with Crippen molar-refractivity contribution >= 4 is 30.1 Å². The summed E-state index contributed by atoms with van der Waals surface area (Å²) in [4.78, 5) is 0. The Bertz CT molecular complexity index is 1190. The van der Waals surface area contributed by atoms with Crippen LogP contribution in [-0.4, -0.2) is 48.3 Å². The first-order chi connectivity index (χ1) is 25.0. The Balaban J connectivity index is 5.44. The molecular formula is C37H70N6O6S3. The standard InChI is InChI=1S/C37H70N6O6S3/c1-2-30-37(50(44,45)41-34-27-21-15-9-3-6-12-18-24-31-38,51(46,47)42-35-28-22-16-10-4-7-13-19-25-32-39)52(48,49)43-36-29-23-17-11-5-8-14-20-26-33-40/h41-43H,2-30,34-36H2,1H3. The minimum absolute atomic E-state index is 0.0137. The predicted octanol–water partition coefficient (Wildman–Crippen LogP) is 8.30. The number of nitrogens with zero attached hydrogens (tertiary/aromatic N) is 3. The maximum absolute atomic E-state index is 14.0. The molecule has 0 atom stereocenters. The van der Waals surface area contributed by atoms with Gasteiger partial charge in [-0.1, -0.05) is 129 Å². The summed E-state index contributed by atoms with van der Waals surface area (Å²) in [5.74, 6) is 0. The molecule has 0 rings (SSSR count). The van der Waals surface area contributed by atoms with E-state index in [-0.39, 0.29) is 26.1 Å². The molecule has 0 saturated heterocycles. The molecule has 3 N–H and O–H groups in total. The van der Waals surface area contributed by atoms with Gasteiger partial charge in [0.25, 0.3) is 0 Å². The molecule has 0 bridgehead atoms. The Morgan fingerprint density at radius 3 is 0.808 bits per heavy atom. The minimum atomic E-state index is -4.92. The number of hydrogen-bond acceptors (Lipinski definition) is 9. The Morgan fingerprint density at radius 2 is 0.596 bits per heavy atom. The van der Waals surface area contributed by atoms with Crippen LogP contribution in [0.3, 0.4) is 0 Å². The average Bonchev–Trinajstić information content (AvgIpc) is 3.10. The second-order valence-electron chi connectivity index (χ2n) is 13.8. The van der Waals surface area contributed by atoms with Gasteiger partial charge in [-0.05, 0) is 44.9 Å². The SMILES string of the molecule is CCCC(S(=O)(=O)NCCCCCCCCCCC#N)(S(=O)(=O)NCCCCCCCCCCC#N)S(=O)(=O)NCCCCCCCCCCC#N. The smallest absolute Gasteiger partial charge is 0.213 e. The first-order valence-corrected chi connectivity index (χ1v) is 24.5. The lowest BCUT2D eigenvalue weighted by Crippen LogP contribution is -2.63. The fourth-order valence-corrected chi connectivity index (χ4v) is 14.1. The summed E-state index contributed by atoms with van der Waals surface area (Å²) in [6.07, 6.45) is 22.1. The van der Waals surface area contributed by atoms with Crippen molar-refractivity contribution in [2.75, 3.05) is 19.6 Å². The molecule has 0 aliphatic carbocycles. The summed E-state index contributed by atoms with van der Waals surface area (Å²) in [6.45, 7) is 1.40. The number of hydrogen-bond donors (Lipinski definition) is 3. The number of sulfonamides is 3. The summed E-state index contributed by atoms with van der Waals surface area (Å²) < 4.78 is 87.9. The first kappa shape index (κ1) is 50.2. The van der Waals surface area contributed by atoms with Crippen molar-refractivity contribution in [3.63, 3.8) is 0 Å². The molecule has 0 aromatic carbocycles. The van der Waals surface area contributed by atoms with Crippen molar-refractivity contribution in [1.29, 1.82) is 15.8 Å². The quantitative estimate of drug-likeness (QED) is 0.0513. The van der Waals surface area contributed by atoms with Gasteiger partial charge in [0.15, 0.2) is 0 Å². The van der Waals surface area contributed by atoms with Crippen LogP contribution in [0.1, 0.15) is 193 Å². The van der Waals surface area contributed by atoms with Gasteiger partial charge >= 0.3 is 3.41 Å². The van der Waals surface area contributed by atoms with Gasteiger partial charge in [0, 0.05) is 38.9 Å². The predicted molar refractivity (Wildman–Crippen MR) is 210 cm³/mol. The fraction of sp³-hybridized carbons (Fsp3) is 0.919. The summed E-state index contributed by atoms with van der Waals surface area (Å²) in [6, 6.07) is 6.43. The molecule has 0 aliphatic rings. The van der Waals surface area contributed by atoms with Gasteiger partial charge in [0.1, 0.15) is 0 Å². The lowest BCUT2D eigenvalue weighted by atomic mass is 10.1. The first-order valence-electron chi connectivity index (χ1n) is 20.1. The van der Waals surface area contributed by atoms with Crippen molar-refractivity contribution in [3.8, 4) is 18.2 Å². The monoisotopic (exact) mass is 790 g/mol. The third-order valence-corrected chi connectivity index (χ3v) is 18.1. The van der Waals surface area contributed by atoms with Crippen molar-refractivity contribution in [2.45, 2.75) is 197 Å². The lowest BCUT2D eigenvalue weighted by Gasteiger charge is -2.32. The Hall–Kier alpha value is -1.80. The summed E-state index contributed by atoms with van der Waals surface area (Å²) in [5, 5.41) is 25.9. The third-order valence-electron chi connectivity index (χ3n) is 9.31. The fourth-order valence-electron chi connectivity index (χ4n) is 6.26. The Morgan fingerprint density at radius 1 is 0.385 bits per heavy atom. The molecule has 0 amide bonds. The zero-order valence-corrected chi connectivity index (χ0v) is 34.6. The van der Waals surface area contributed by atoms with Crippen molar-refractivity contribution in [1.82, 2.24) is 14.2 Å². The second-order valence-corrected chi connectivity index (χ2v) is 20.6. The van der Waals surface area contributed by atoms with Crippen LogP contribution in [0.5, 0.6) is 0 Å². The minimum Gasteiger partial charge on any atom is -0.213 e. The molecule has 15 heteroatoms. The topological polar surface area (TPSA) is 210 Å². The molecule has 0 aromatic rings. The zero-order valence-electron chi connectivity index (χ0n) is 32.1. The van der Waals surface area contributed by atoms with Crippen molar-refractivity contribution < 1.29 is 25.3 Å². The van der Waals surface area contributed by atoms with Gasteiger partial charge in [-0.2, -0.15) is 15.8 Å². The molecule has 12 nitrogen and oxygen atoms in total. The van der Waals surface area contributed by atoms with E-state index < -0.39 is 39.9 Å². The van der Waals surface area contributed by atoms with E-state index in [1.807, 2.05) is 0 Å². The largest absolute Gasteiger partial charge is 0.313 e. The molecule has 302 valence electrons. The number of nitriles is 3. The second kappa shape index (κ2) is 31.5. The van der Waals surface area contributed by atoms with Gasteiger partial charge in [-0.3, -0.25) is 0 Å². The molecule has 0 unspecified atom stereocenters. The van der Waals surface area contributed by atoms with E-state index in [1.54, 1.807) is 6.92 Å². The van der Waals surface area contributed by atoms with Gasteiger partial charge in [0.05, 0.1) is 18.2 Å². The van der Waals surface area contributed by atoms with Crippen LogP contribution in [0, 0.1) is 34.0 Å². The highest BCUT2D eigenvalue weighted by Crippen LogP contribution is 2.35. The Kier molecular flexibility index (Phi) is 30.4. The maximum atomic E-state index is 14.0.